The van der Waals surface area contributed by atoms with Gasteiger partial charge in [-0.05, 0) is 31.2 Å². The van der Waals surface area contributed by atoms with Crippen molar-refractivity contribution in [1.82, 2.24) is 15.3 Å². The monoisotopic (exact) mass is 347 g/mol. The van der Waals surface area contributed by atoms with Crippen LogP contribution in [0.3, 0.4) is 0 Å². The third kappa shape index (κ3) is 3.64. The van der Waals surface area contributed by atoms with Gasteiger partial charge in [0.25, 0.3) is 5.91 Å². The van der Waals surface area contributed by atoms with Crippen molar-refractivity contribution in [2.24, 2.45) is 10.7 Å². The van der Waals surface area contributed by atoms with Gasteiger partial charge in [0.05, 0.1) is 5.69 Å². The van der Waals surface area contributed by atoms with E-state index in [1.54, 1.807) is 38.5 Å². The molecule has 0 spiro atoms. The molecule has 4 N–H and O–H groups in total. The summed E-state index contributed by atoms with van der Waals surface area (Å²) in [7, 11) is 1.67. The van der Waals surface area contributed by atoms with E-state index in [0.717, 1.165) is 27.7 Å². The Hall–Kier alpha value is -3.41. The number of nitrogens with two attached hydrogens (primary N) is 1. The molecular formula is C20H21N5O. The number of aromatic nitrogens is 2. The minimum atomic E-state index is -0.160. The molecule has 6 nitrogen and oxygen atoms in total. The van der Waals surface area contributed by atoms with E-state index in [0.29, 0.717) is 17.8 Å². The standard InChI is InChI=1S/C20H21N5O/c1-13(21)16(11-22-2)12-25-20(26)15-5-3-14(4-6-15)19-17-7-9-23-18(17)8-10-24-19/h3-11,23H,12,21H2,1-2H3,(H,25,26). The van der Waals surface area contributed by atoms with Gasteiger partial charge >= 0.3 is 0 Å². The average Bonchev–Trinajstić information content (AvgIpc) is 3.13. The fourth-order valence-corrected chi connectivity index (χ4v) is 2.71. The molecule has 2 heterocycles. The first-order chi connectivity index (χ1) is 12.6. The highest BCUT2D eigenvalue weighted by molar-refractivity contribution is 5.97. The van der Waals surface area contributed by atoms with Crippen LogP contribution in [0.5, 0.6) is 0 Å². The number of hydrogen-bond acceptors (Lipinski definition) is 4. The first-order valence-corrected chi connectivity index (χ1v) is 8.28. The largest absolute Gasteiger partial charge is 0.402 e. The highest BCUT2D eigenvalue weighted by Crippen LogP contribution is 2.25. The van der Waals surface area contributed by atoms with Gasteiger partial charge in [-0.3, -0.25) is 14.8 Å². The Morgan fingerprint density at radius 3 is 2.73 bits per heavy atom. The number of benzene rings is 1. The molecule has 132 valence electrons. The number of hydrogen-bond donors (Lipinski definition) is 3. The molecule has 0 unspecified atom stereocenters. The second-order valence-corrected chi connectivity index (χ2v) is 5.95. The molecule has 3 rings (SSSR count). The zero-order chi connectivity index (χ0) is 18.5. The number of rotatable bonds is 5. The van der Waals surface area contributed by atoms with Gasteiger partial charge in [0, 0.05) is 65.5 Å². The quantitative estimate of drug-likeness (QED) is 0.619. The molecule has 0 aliphatic rings. The maximum absolute atomic E-state index is 12.4. The zero-order valence-electron chi connectivity index (χ0n) is 14.8. The zero-order valence-corrected chi connectivity index (χ0v) is 14.8. The molecule has 0 fully saturated rings. The number of amides is 1. The predicted octanol–water partition coefficient (Wildman–Crippen LogP) is 2.89. The first-order valence-electron chi connectivity index (χ1n) is 8.28. The number of H-pyrrole nitrogens is 1. The van der Waals surface area contributed by atoms with E-state index in [1.807, 2.05) is 30.5 Å². The highest BCUT2D eigenvalue weighted by atomic mass is 16.1. The molecule has 0 atom stereocenters. The number of aromatic amines is 1. The Kier molecular flexibility index (Phi) is 5.12. The summed E-state index contributed by atoms with van der Waals surface area (Å²) in [5, 5.41) is 3.91. The van der Waals surface area contributed by atoms with Crippen LogP contribution in [0.1, 0.15) is 17.3 Å². The minimum Gasteiger partial charge on any atom is -0.402 e. The van der Waals surface area contributed by atoms with Crippen LogP contribution in [0, 0.1) is 0 Å². The molecule has 0 aliphatic heterocycles. The SMILES string of the molecule is CN=CC(CNC(=O)c1ccc(-c2nccc3[nH]ccc23)cc1)=C(C)N. The van der Waals surface area contributed by atoms with E-state index in [2.05, 4.69) is 20.3 Å². The smallest absolute Gasteiger partial charge is 0.251 e. The van der Waals surface area contributed by atoms with Gasteiger partial charge in [-0.15, -0.1) is 0 Å². The second kappa shape index (κ2) is 7.65. The summed E-state index contributed by atoms with van der Waals surface area (Å²) < 4.78 is 0. The lowest BCUT2D eigenvalue weighted by Crippen LogP contribution is -2.27. The van der Waals surface area contributed by atoms with Crippen LogP contribution < -0.4 is 11.1 Å². The number of pyridine rings is 1. The molecule has 0 saturated carbocycles. The minimum absolute atomic E-state index is 0.160. The van der Waals surface area contributed by atoms with E-state index >= 15 is 0 Å². The molecule has 2 aromatic heterocycles. The normalized spacial score (nSPS) is 12.4. The predicted molar refractivity (Wildman–Crippen MR) is 105 cm³/mol. The lowest BCUT2D eigenvalue weighted by Gasteiger charge is -2.08. The van der Waals surface area contributed by atoms with Gasteiger partial charge in [-0.25, -0.2) is 0 Å². The van der Waals surface area contributed by atoms with Crippen LogP contribution in [-0.2, 0) is 0 Å². The van der Waals surface area contributed by atoms with E-state index in [1.165, 1.54) is 0 Å². The summed E-state index contributed by atoms with van der Waals surface area (Å²) in [6.45, 7) is 2.12. The number of aliphatic imine (C=N–C) groups is 1. The molecule has 0 saturated heterocycles. The fraction of sp³-hybridized carbons (Fsp3) is 0.150. The first kappa shape index (κ1) is 17.4. The van der Waals surface area contributed by atoms with Crippen LogP contribution >= 0.6 is 0 Å². The molecule has 6 heteroatoms. The van der Waals surface area contributed by atoms with Crippen LogP contribution in [-0.4, -0.2) is 35.7 Å². The summed E-state index contributed by atoms with van der Waals surface area (Å²) in [6, 6.07) is 11.3. The summed E-state index contributed by atoms with van der Waals surface area (Å²) in [4.78, 5) is 23.9. The molecule has 0 bridgehead atoms. The average molecular weight is 347 g/mol. The van der Waals surface area contributed by atoms with Gasteiger partial charge in [-0.2, -0.15) is 0 Å². The third-order valence-corrected chi connectivity index (χ3v) is 4.13. The maximum Gasteiger partial charge on any atom is 0.251 e. The summed E-state index contributed by atoms with van der Waals surface area (Å²) in [5.41, 5.74) is 10.7. The van der Waals surface area contributed by atoms with Gasteiger partial charge < -0.3 is 16.0 Å². The van der Waals surface area contributed by atoms with E-state index in [9.17, 15) is 4.79 Å². The van der Waals surface area contributed by atoms with Gasteiger partial charge in [0.15, 0.2) is 0 Å². The van der Waals surface area contributed by atoms with Crippen LogP contribution in [0.2, 0.25) is 0 Å². The molecule has 0 radical (unpaired) electrons. The molecule has 1 amide bonds. The fourth-order valence-electron chi connectivity index (χ4n) is 2.71. The Bertz CT molecular complexity index is 979. The number of carbonyl (C=O) groups excluding carboxylic acids is 1. The summed E-state index contributed by atoms with van der Waals surface area (Å²) in [5.74, 6) is -0.160. The van der Waals surface area contributed by atoms with E-state index in [-0.39, 0.29) is 5.91 Å². The number of allylic oxidation sites excluding steroid dienone is 1. The Morgan fingerprint density at radius 1 is 1.27 bits per heavy atom. The lowest BCUT2D eigenvalue weighted by atomic mass is 10.1. The Labute approximate surface area is 151 Å². The van der Waals surface area contributed by atoms with Crippen LogP contribution in [0.4, 0.5) is 0 Å². The van der Waals surface area contributed by atoms with Crippen molar-refractivity contribution in [2.45, 2.75) is 6.92 Å². The van der Waals surface area contributed by atoms with Gasteiger partial charge in [0.2, 0.25) is 0 Å². The van der Waals surface area contributed by atoms with Crippen molar-refractivity contribution in [3.8, 4) is 11.3 Å². The second-order valence-electron chi connectivity index (χ2n) is 5.95. The number of nitrogens with zero attached hydrogens (tertiary/aromatic N) is 2. The van der Waals surface area contributed by atoms with Gasteiger partial charge in [-0.1, -0.05) is 12.1 Å². The summed E-state index contributed by atoms with van der Waals surface area (Å²) >= 11 is 0. The van der Waals surface area contributed by atoms with Gasteiger partial charge in [0.1, 0.15) is 0 Å². The van der Waals surface area contributed by atoms with Crippen molar-refractivity contribution in [2.75, 3.05) is 13.6 Å². The number of nitrogens with one attached hydrogen (secondary N) is 2. The molecular weight excluding hydrogens is 326 g/mol. The van der Waals surface area contributed by atoms with Crippen molar-refractivity contribution in [3.05, 3.63) is 65.6 Å². The lowest BCUT2D eigenvalue weighted by molar-refractivity contribution is 0.0957. The molecule has 26 heavy (non-hydrogen) atoms. The third-order valence-electron chi connectivity index (χ3n) is 4.13. The van der Waals surface area contributed by atoms with Crippen LogP contribution in [0.25, 0.3) is 22.2 Å². The van der Waals surface area contributed by atoms with Crippen molar-refractivity contribution in [3.63, 3.8) is 0 Å². The highest BCUT2D eigenvalue weighted by Gasteiger charge is 2.09. The number of fused-ring (bicyclic) bond motifs is 1. The topological polar surface area (TPSA) is 96.2 Å². The Morgan fingerprint density at radius 2 is 2.04 bits per heavy atom. The Balaban J connectivity index is 1.76. The van der Waals surface area contributed by atoms with Crippen molar-refractivity contribution >= 4 is 23.0 Å². The molecule has 3 aromatic rings. The van der Waals surface area contributed by atoms with Crippen LogP contribution in [0.15, 0.2) is 65.1 Å². The van der Waals surface area contributed by atoms with E-state index < -0.39 is 0 Å². The van der Waals surface area contributed by atoms with Crippen molar-refractivity contribution < 1.29 is 4.79 Å². The van der Waals surface area contributed by atoms with E-state index in [4.69, 9.17) is 5.73 Å². The molecule has 1 aromatic carbocycles. The summed E-state index contributed by atoms with van der Waals surface area (Å²) in [6.07, 6.45) is 5.32. The number of carbonyl (C=O) groups is 1. The molecule has 0 aliphatic carbocycles. The van der Waals surface area contributed by atoms with Crippen molar-refractivity contribution in [1.29, 1.82) is 0 Å². The maximum atomic E-state index is 12.4.